The zero-order valence-electron chi connectivity index (χ0n) is 13.6. The Morgan fingerprint density at radius 3 is 2.46 bits per heavy atom. The van der Waals surface area contributed by atoms with E-state index in [2.05, 4.69) is 5.32 Å². The Kier molecular flexibility index (Phi) is 6.75. The van der Waals surface area contributed by atoms with Crippen molar-refractivity contribution in [3.63, 3.8) is 0 Å². The number of thioether (sulfide) groups is 1. The molecule has 1 N–H and O–H groups in total. The Balaban J connectivity index is 1.87. The summed E-state index contributed by atoms with van der Waals surface area (Å²) >= 11 is 1.34. The Labute approximate surface area is 145 Å². The van der Waals surface area contributed by atoms with E-state index < -0.39 is 0 Å². The van der Waals surface area contributed by atoms with Crippen LogP contribution in [0.3, 0.4) is 0 Å². The smallest absolute Gasteiger partial charge is 0.230 e. The van der Waals surface area contributed by atoms with Gasteiger partial charge in [-0.2, -0.15) is 0 Å². The summed E-state index contributed by atoms with van der Waals surface area (Å²) < 4.78 is 26.2. The first kappa shape index (κ1) is 18.4. The van der Waals surface area contributed by atoms with Gasteiger partial charge in [0.15, 0.2) is 0 Å². The Hall–Kier alpha value is -1.92. The van der Waals surface area contributed by atoms with E-state index in [9.17, 15) is 13.6 Å². The Morgan fingerprint density at radius 1 is 1.12 bits per heavy atom. The van der Waals surface area contributed by atoms with Crippen molar-refractivity contribution in [1.82, 2.24) is 10.2 Å². The molecule has 3 nitrogen and oxygen atoms in total. The lowest BCUT2D eigenvalue weighted by Crippen LogP contribution is -2.35. The molecule has 0 fully saturated rings. The molecule has 2 aromatic rings. The van der Waals surface area contributed by atoms with Crippen molar-refractivity contribution in [3.05, 3.63) is 65.7 Å². The fraction of sp³-hybridized carbons (Fsp3) is 0.278. The van der Waals surface area contributed by atoms with Gasteiger partial charge < -0.3 is 10.2 Å². The van der Waals surface area contributed by atoms with E-state index in [1.807, 2.05) is 25.1 Å². The van der Waals surface area contributed by atoms with E-state index >= 15 is 0 Å². The van der Waals surface area contributed by atoms with E-state index in [4.69, 9.17) is 0 Å². The molecule has 0 spiro atoms. The second kappa shape index (κ2) is 8.80. The van der Waals surface area contributed by atoms with E-state index in [1.54, 1.807) is 18.2 Å². The average Bonchev–Trinajstić information content (AvgIpc) is 2.54. The van der Waals surface area contributed by atoms with Crippen molar-refractivity contribution in [3.8, 4) is 0 Å². The van der Waals surface area contributed by atoms with Gasteiger partial charge >= 0.3 is 0 Å². The van der Waals surface area contributed by atoms with Gasteiger partial charge in [0.05, 0.1) is 11.8 Å². The summed E-state index contributed by atoms with van der Waals surface area (Å²) in [4.78, 5) is 14.8. The SMILES string of the molecule is CN(C)[C@H](CNC(=O)CSc1ccc(F)cc1)c1cccc(F)c1. The molecule has 1 amide bonds. The molecule has 2 aromatic carbocycles. The first-order chi connectivity index (χ1) is 11.5. The Bertz CT molecular complexity index is 677. The zero-order chi connectivity index (χ0) is 17.5. The Morgan fingerprint density at radius 2 is 1.83 bits per heavy atom. The number of carbonyl (C=O) groups is 1. The minimum absolute atomic E-state index is 0.111. The number of rotatable bonds is 7. The lowest BCUT2D eigenvalue weighted by atomic mass is 10.1. The van der Waals surface area contributed by atoms with E-state index in [0.29, 0.717) is 6.54 Å². The van der Waals surface area contributed by atoms with Gasteiger partial charge in [-0.25, -0.2) is 8.78 Å². The topological polar surface area (TPSA) is 32.3 Å². The summed E-state index contributed by atoms with van der Waals surface area (Å²) in [7, 11) is 3.77. The number of amides is 1. The van der Waals surface area contributed by atoms with Crippen LogP contribution in [0.25, 0.3) is 0 Å². The van der Waals surface area contributed by atoms with E-state index in [0.717, 1.165) is 10.5 Å². The summed E-state index contributed by atoms with van der Waals surface area (Å²) in [6.45, 7) is 0.388. The minimum Gasteiger partial charge on any atom is -0.353 e. The molecule has 6 heteroatoms. The molecular formula is C18H20F2N2OS. The van der Waals surface area contributed by atoms with Gasteiger partial charge in [0, 0.05) is 11.4 Å². The molecule has 0 aliphatic heterocycles. The lowest BCUT2D eigenvalue weighted by Gasteiger charge is -2.25. The molecule has 2 rings (SSSR count). The van der Waals surface area contributed by atoms with Crippen molar-refractivity contribution in [1.29, 1.82) is 0 Å². The van der Waals surface area contributed by atoms with Crippen molar-refractivity contribution < 1.29 is 13.6 Å². The van der Waals surface area contributed by atoms with Crippen LogP contribution in [0.15, 0.2) is 53.4 Å². The number of likely N-dealkylation sites (N-methyl/N-ethyl adjacent to an activating group) is 1. The number of nitrogens with one attached hydrogen (secondary N) is 1. The predicted octanol–water partition coefficient (Wildman–Crippen LogP) is 3.48. The van der Waals surface area contributed by atoms with E-state index in [-0.39, 0.29) is 29.3 Å². The van der Waals surface area contributed by atoms with Gasteiger partial charge in [-0.1, -0.05) is 12.1 Å². The number of halogens is 2. The van der Waals surface area contributed by atoms with Crippen LogP contribution in [0.1, 0.15) is 11.6 Å². The maximum absolute atomic E-state index is 13.4. The standard InChI is InChI=1S/C18H20F2N2OS/c1-22(2)17(13-4-3-5-15(20)10-13)11-21-18(23)12-24-16-8-6-14(19)7-9-16/h3-10,17H,11-12H2,1-2H3,(H,21,23)/t17-/m1/s1. The van der Waals surface area contributed by atoms with Crippen LogP contribution in [-0.2, 0) is 4.79 Å². The number of benzene rings is 2. The summed E-state index contributed by atoms with van der Waals surface area (Å²) in [5.41, 5.74) is 0.812. The van der Waals surface area contributed by atoms with Crippen molar-refractivity contribution >= 4 is 17.7 Å². The highest BCUT2D eigenvalue weighted by atomic mass is 32.2. The molecule has 0 saturated heterocycles. The quantitative estimate of drug-likeness (QED) is 0.776. The summed E-state index contributed by atoms with van der Waals surface area (Å²) in [5.74, 6) is -0.465. The molecule has 0 aliphatic rings. The number of hydrogen-bond acceptors (Lipinski definition) is 3. The molecule has 0 saturated carbocycles. The van der Waals surface area contributed by atoms with Crippen LogP contribution in [0.5, 0.6) is 0 Å². The first-order valence-electron chi connectivity index (χ1n) is 7.52. The van der Waals surface area contributed by atoms with Gasteiger partial charge in [0.25, 0.3) is 0 Å². The molecule has 0 bridgehead atoms. The number of carbonyl (C=O) groups excluding carboxylic acids is 1. The maximum Gasteiger partial charge on any atom is 0.230 e. The van der Waals surface area contributed by atoms with Crippen molar-refractivity contribution in [2.24, 2.45) is 0 Å². The summed E-state index contributed by atoms with van der Waals surface area (Å²) in [6.07, 6.45) is 0. The monoisotopic (exact) mass is 350 g/mol. The molecule has 0 unspecified atom stereocenters. The van der Waals surface area contributed by atoms with Gasteiger partial charge in [0.1, 0.15) is 11.6 Å². The number of nitrogens with zero attached hydrogens (tertiary/aromatic N) is 1. The normalized spacial score (nSPS) is 12.2. The second-order valence-electron chi connectivity index (χ2n) is 5.58. The summed E-state index contributed by atoms with van der Waals surface area (Å²) in [6, 6.07) is 12.3. The van der Waals surface area contributed by atoms with Crippen molar-refractivity contribution in [2.75, 3.05) is 26.4 Å². The molecule has 24 heavy (non-hydrogen) atoms. The lowest BCUT2D eigenvalue weighted by molar-refractivity contribution is -0.118. The largest absolute Gasteiger partial charge is 0.353 e. The van der Waals surface area contributed by atoms with Gasteiger partial charge in [-0.05, 0) is 56.1 Å². The molecule has 0 radical (unpaired) electrons. The predicted molar refractivity (Wildman–Crippen MR) is 93.0 cm³/mol. The highest BCUT2D eigenvalue weighted by Gasteiger charge is 2.16. The van der Waals surface area contributed by atoms with Crippen LogP contribution >= 0.6 is 11.8 Å². The van der Waals surface area contributed by atoms with Crippen LogP contribution in [-0.4, -0.2) is 37.2 Å². The first-order valence-corrected chi connectivity index (χ1v) is 8.51. The highest BCUT2D eigenvalue weighted by molar-refractivity contribution is 8.00. The van der Waals surface area contributed by atoms with E-state index in [1.165, 1.54) is 36.0 Å². The van der Waals surface area contributed by atoms with Crippen LogP contribution < -0.4 is 5.32 Å². The maximum atomic E-state index is 13.4. The molecule has 0 aliphatic carbocycles. The molecule has 0 heterocycles. The third-order valence-electron chi connectivity index (χ3n) is 3.53. The van der Waals surface area contributed by atoms with Crippen LogP contribution in [0, 0.1) is 11.6 Å². The van der Waals surface area contributed by atoms with Gasteiger partial charge in [-0.3, -0.25) is 4.79 Å². The summed E-state index contributed by atoms with van der Waals surface area (Å²) in [5, 5.41) is 2.87. The second-order valence-corrected chi connectivity index (χ2v) is 6.63. The minimum atomic E-state index is -0.298. The third-order valence-corrected chi connectivity index (χ3v) is 4.54. The highest BCUT2D eigenvalue weighted by Crippen LogP contribution is 2.19. The van der Waals surface area contributed by atoms with Crippen LogP contribution in [0.2, 0.25) is 0 Å². The fourth-order valence-electron chi connectivity index (χ4n) is 2.25. The van der Waals surface area contributed by atoms with Gasteiger partial charge in [0.2, 0.25) is 5.91 Å². The molecular weight excluding hydrogens is 330 g/mol. The molecule has 1 atom stereocenters. The van der Waals surface area contributed by atoms with Gasteiger partial charge in [-0.15, -0.1) is 11.8 Å². The molecule has 0 aromatic heterocycles. The number of hydrogen-bond donors (Lipinski definition) is 1. The molecule has 128 valence electrons. The fourth-order valence-corrected chi connectivity index (χ4v) is 2.98. The zero-order valence-corrected chi connectivity index (χ0v) is 14.4. The average molecular weight is 350 g/mol. The van der Waals surface area contributed by atoms with Crippen molar-refractivity contribution in [2.45, 2.75) is 10.9 Å². The third kappa shape index (κ3) is 5.62. The van der Waals surface area contributed by atoms with Crippen LogP contribution in [0.4, 0.5) is 8.78 Å².